The molecule has 0 spiro atoms. The molecule has 0 saturated heterocycles. The smallest absolute Gasteiger partial charge is 0.348 e. The van der Waals surface area contributed by atoms with Crippen LogP contribution in [-0.4, -0.2) is 26.4 Å². The number of hydrogen-bond acceptors (Lipinski definition) is 4. The average Bonchev–Trinajstić information content (AvgIpc) is 2.29. The van der Waals surface area contributed by atoms with Crippen LogP contribution in [0, 0.1) is 0 Å². The van der Waals surface area contributed by atoms with Crippen molar-refractivity contribution in [2.45, 2.75) is 6.54 Å². The third-order valence-corrected chi connectivity index (χ3v) is 1.85. The fourth-order valence-corrected chi connectivity index (χ4v) is 1.10. The molecule has 0 aliphatic carbocycles. The Morgan fingerprint density at radius 2 is 2.13 bits per heavy atom. The molecule has 0 N–H and O–H groups in total. The van der Waals surface area contributed by atoms with Gasteiger partial charge in [-0.1, -0.05) is 18.2 Å². The van der Waals surface area contributed by atoms with Crippen LogP contribution in [0.1, 0.15) is 5.56 Å². The van der Waals surface area contributed by atoms with Gasteiger partial charge in [-0.3, -0.25) is 4.99 Å². The first-order valence-corrected chi connectivity index (χ1v) is 4.47. The quantitative estimate of drug-likeness (QED) is 0.554. The monoisotopic (exact) mass is 207 g/mol. The molecule has 0 fully saturated rings. The Labute approximate surface area is 88.5 Å². The molecule has 1 aromatic carbocycles. The third kappa shape index (κ3) is 3.42. The second-order valence-corrected chi connectivity index (χ2v) is 2.80. The van der Waals surface area contributed by atoms with Gasteiger partial charge in [-0.2, -0.15) is 0 Å². The second kappa shape index (κ2) is 5.80. The summed E-state index contributed by atoms with van der Waals surface area (Å²) in [5.41, 5.74) is 0.931. The lowest BCUT2D eigenvalue weighted by molar-refractivity contribution is -0.132. The van der Waals surface area contributed by atoms with E-state index >= 15 is 0 Å². The van der Waals surface area contributed by atoms with Gasteiger partial charge >= 0.3 is 5.97 Å². The van der Waals surface area contributed by atoms with Crippen LogP contribution < -0.4 is 4.74 Å². The Morgan fingerprint density at radius 1 is 1.40 bits per heavy atom. The summed E-state index contributed by atoms with van der Waals surface area (Å²) in [5, 5.41) is 0. The van der Waals surface area contributed by atoms with E-state index in [9.17, 15) is 4.79 Å². The van der Waals surface area contributed by atoms with E-state index in [-0.39, 0.29) is 0 Å². The van der Waals surface area contributed by atoms with Gasteiger partial charge in [0.25, 0.3) is 0 Å². The predicted molar refractivity (Wildman–Crippen MR) is 57.2 cm³/mol. The van der Waals surface area contributed by atoms with E-state index in [1.165, 1.54) is 7.11 Å². The summed E-state index contributed by atoms with van der Waals surface area (Å²) < 4.78 is 9.56. The minimum absolute atomic E-state index is 0.402. The molecule has 15 heavy (non-hydrogen) atoms. The summed E-state index contributed by atoms with van der Waals surface area (Å²) in [5.74, 6) is 0.310. The Hall–Kier alpha value is -1.84. The third-order valence-electron chi connectivity index (χ3n) is 1.85. The fourth-order valence-electron chi connectivity index (χ4n) is 1.10. The number of rotatable bonds is 4. The van der Waals surface area contributed by atoms with Crippen LogP contribution in [0.5, 0.6) is 5.75 Å². The van der Waals surface area contributed by atoms with Crippen molar-refractivity contribution < 1.29 is 14.3 Å². The van der Waals surface area contributed by atoms with Gasteiger partial charge in [-0.05, 0) is 6.07 Å². The molecular weight excluding hydrogens is 194 g/mol. The van der Waals surface area contributed by atoms with Crippen molar-refractivity contribution in [3.05, 3.63) is 29.8 Å². The molecule has 4 heteroatoms. The van der Waals surface area contributed by atoms with Gasteiger partial charge in [-0.15, -0.1) is 0 Å². The highest BCUT2D eigenvalue weighted by Gasteiger charge is 1.99. The van der Waals surface area contributed by atoms with Gasteiger partial charge in [0.2, 0.25) is 0 Å². The first kappa shape index (κ1) is 11.2. The van der Waals surface area contributed by atoms with Crippen LogP contribution >= 0.6 is 0 Å². The van der Waals surface area contributed by atoms with Crippen molar-refractivity contribution in [3.63, 3.8) is 0 Å². The van der Waals surface area contributed by atoms with E-state index in [4.69, 9.17) is 4.74 Å². The molecule has 0 aliphatic heterocycles. The van der Waals surface area contributed by atoms with Crippen LogP contribution in [0.15, 0.2) is 29.3 Å². The number of aliphatic imine (C=N–C) groups is 1. The summed E-state index contributed by atoms with van der Waals surface area (Å²) in [7, 11) is 2.92. The van der Waals surface area contributed by atoms with E-state index in [1.54, 1.807) is 7.11 Å². The average molecular weight is 207 g/mol. The minimum Gasteiger partial charge on any atom is -0.496 e. The zero-order valence-electron chi connectivity index (χ0n) is 8.77. The zero-order valence-corrected chi connectivity index (χ0v) is 8.77. The van der Waals surface area contributed by atoms with Crippen LogP contribution in [-0.2, 0) is 16.1 Å². The van der Waals surface area contributed by atoms with Crippen molar-refractivity contribution in [2.24, 2.45) is 4.99 Å². The molecule has 0 saturated carbocycles. The van der Waals surface area contributed by atoms with E-state index in [0.29, 0.717) is 6.54 Å². The molecular formula is C11H13NO3. The topological polar surface area (TPSA) is 47.9 Å². The lowest BCUT2D eigenvalue weighted by Crippen LogP contribution is -2.01. The van der Waals surface area contributed by atoms with Crippen LogP contribution in [0.25, 0.3) is 0 Å². The van der Waals surface area contributed by atoms with Crippen LogP contribution in [0.4, 0.5) is 0 Å². The summed E-state index contributed by atoms with van der Waals surface area (Å²) >= 11 is 0. The van der Waals surface area contributed by atoms with Crippen LogP contribution in [0.3, 0.4) is 0 Å². The van der Waals surface area contributed by atoms with Gasteiger partial charge in [0.05, 0.1) is 20.8 Å². The van der Waals surface area contributed by atoms with E-state index in [1.807, 2.05) is 24.3 Å². The fraction of sp³-hybridized carbons (Fsp3) is 0.273. The lowest BCUT2D eigenvalue weighted by atomic mass is 10.2. The molecule has 0 radical (unpaired) electrons. The maximum atomic E-state index is 10.8. The normalized spacial score (nSPS) is 10.3. The lowest BCUT2D eigenvalue weighted by Gasteiger charge is -2.04. The first-order valence-electron chi connectivity index (χ1n) is 4.47. The molecule has 0 atom stereocenters. The highest BCUT2D eigenvalue weighted by Crippen LogP contribution is 2.17. The number of methoxy groups -OCH3 is 2. The van der Waals surface area contributed by atoms with Gasteiger partial charge in [0, 0.05) is 5.56 Å². The van der Waals surface area contributed by atoms with Crippen molar-refractivity contribution in [1.29, 1.82) is 0 Å². The van der Waals surface area contributed by atoms with Gasteiger partial charge in [0.1, 0.15) is 12.0 Å². The molecule has 0 aromatic heterocycles. The summed E-state index contributed by atoms with van der Waals surface area (Å²) in [6.45, 7) is 0.402. The Kier molecular flexibility index (Phi) is 4.34. The molecule has 1 aromatic rings. The summed E-state index contributed by atoms with van der Waals surface area (Å²) in [4.78, 5) is 14.7. The number of nitrogens with zero attached hydrogens (tertiary/aromatic N) is 1. The highest BCUT2D eigenvalue weighted by atomic mass is 16.5. The largest absolute Gasteiger partial charge is 0.496 e. The van der Waals surface area contributed by atoms with Crippen LogP contribution in [0.2, 0.25) is 0 Å². The number of para-hydroxylation sites is 1. The predicted octanol–water partition coefficient (Wildman–Crippen LogP) is 1.44. The Bertz CT molecular complexity index is 361. The number of esters is 1. The maximum Gasteiger partial charge on any atom is 0.348 e. The Morgan fingerprint density at radius 3 is 2.80 bits per heavy atom. The summed E-state index contributed by atoms with van der Waals surface area (Å²) in [6, 6.07) is 7.52. The number of ether oxygens (including phenoxy) is 2. The molecule has 0 heterocycles. The van der Waals surface area contributed by atoms with E-state index in [2.05, 4.69) is 9.73 Å². The van der Waals surface area contributed by atoms with Gasteiger partial charge in [-0.25, -0.2) is 4.79 Å². The van der Waals surface area contributed by atoms with E-state index < -0.39 is 5.97 Å². The molecule has 0 aliphatic rings. The zero-order chi connectivity index (χ0) is 11.1. The number of carbonyl (C=O) groups is 1. The number of hydrogen-bond donors (Lipinski definition) is 0. The van der Waals surface area contributed by atoms with Crippen molar-refractivity contribution >= 4 is 12.2 Å². The SMILES string of the molecule is COC(=O)C=NCc1ccccc1OC. The van der Waals surface area contributed by atoms with Crippen molar-refractivity contribution in [1.82, 2.24) is 0 Å². The molecule has 0 unspecified atom stereocenters. The maximum absolute atomic E-state index is 10.8. The first-order chi connectivity index (χ1) is 7.27. The highest BCUT2D eigenvalue weighted by molar-refractivity contribution is 6.23. The standard InChI is InChI=1S/C11H13NO3/c1-14-10-6-4-3-5-9(10)7-12-8-11(13)15-2/h3-6,8H,7H2,1-2H3. The van der Waals surface area contributed by atoms with Crippen molar-refractivity contribution in [2.75, 3.05) is 14.2 Å². The molecule has 0 bridgehead atoms. The molecule has 80 valence electrons. The molecule has 0 amide bonds. The molecule has 4 nitrogen and oxygen atoms in total. The Balaban J connectivity index is 2.64. The van der Waals surface area contributed by atoms with E-state index in [0.717, 1.165) is 17.5 Å². The number of carbonyl (C=O) groups excluding carboxylic acids is 1. The van der Waals surface area contributed by atoms with Gasteiger partial charge < -0.3 is 9.47 Å². The minimum atomic E-state index is -0.454. The number of benzene rings is 1. The van der Waals surface area contributed by atoms with Gasteiger partial charge in [0.15, 0.2) is 0 Å². The second-order valence-electron chi connectivity index (χ2n) is 2.80. The summed E-state index contributed by atoms with van der Waals surface area (Å²) in [6.07, 6.45) is 1.16. The molecule has 1 rings (SSSR count). The van der Waals surface area contributed by atoms with Crippen molar-refractivity contribution in [3.8, 4) is 5.75 Å².